The van der Waals surface area contributed by atoms with Crippen LogP contribution in [0.3, 0.4) is 0 Å². The smallest absolute Gasteiger partial charge is 0.325 e. The molecule has 0 aromatic carbocycles. The minimum absolute atomic E-state index is 0.110. The van der Waals surface area contributed by atoms with Crippen LogP contribution in [0.25, 0.3) is 0 Å². The van der Waals surface area contributed by atoms with E-state index in [4.69, 9.17) is 36.1 Å². The third-order valence-corrected chi connectivity index (χ3v) is 5.57. The SMILES string of the molecule is NC(N)=NCCCC(N)C(=O)OC1(CO)OC[C@@H](OC2O[C@H](CO)[C@@H](O)[C@H](O)[C@H]2O)[C@@H](O)[C@@H]1O. The molecule has 2 saturated heterocycles. The Bertz CT molecular complexity index is 696. The summed E-state index contributed by atoms with van der Waals surface area (Å²) >= 11 is 0. The minimum Gasteiger partial charge on any atom is -0.426 e. The van der Waals surface area contributed by atoms with E-state index >= 15 is 0 Å². The average Bonchev–Trinajstić information content (AvgIpc) is 2.81. The fraction of sp³-hybridized carbons (Fsp3) is 0.889. The zero-order chi connectivity index (χ0) is 25.6. The standard InChI is InChI=1S/C18H34N4O12/c19-7(2-1-3-22-17(20)21)15(30)34-18(6-24)14(29)11(26)9(5-31-18)33-16-13(28)12(27)10(25)8(4-23)32-16/h7-14,16,23-29H,1-6,19H2,(H4,20,21,22)/t7?,8-,9-,10-,11-,12+,13-,14+,16?,18?/m1/s1. The van der Waals surface area contributed by atoms with E-state index in [0.717, 1.165) is 0 Å². The third-order valence-electron chi connectivity index (χ3n) is 5.57. The molecule has 0 aromatic heterocycles. The molecule has 2 aliphatic rings. The maximum absolute atomic E-state index is 12.4. The Balaban J connectivity index is 1.99. The lowest BCUT2D eigenvalue weighted by molar-refractivity contribution is -0.368. The first-order chi connectivity index (χ1) is 16.0. The van der Waals surface area contributed by atoms with Gasteiger partial charge in [0.15, 0.2) is 18.4 Å². The van der Waals surface area contributed by atoms with Crippen LogP contribution in [-0.4, -0.2) is 135 Å². The number of aliphatic hydroxyl groups excluding tert-OH is 7. The van der Waals surface area contributed by atoms with Crippen molar-refractivity contribution in [3.05, 3.63) is 0 Å². The van der Waals surface area contributed by atoms with Crippen LogP contribution in [0.1, 0.15) is 12.8 Å². The van der Waals surface area contributed by atoms with Crippen LogP contribution in [0.15, 0.2) is 4.99 Å². The molecule has 198 valence electrons. The van der Waals surface area contributed by atoms with Crippen LogP contribution in [0.2, 0.25) is 0 Å². The molecule has 34 heavy (non-hydrogen) atoms. The zero-order valence-electron chi connectivity index (χ0n) is 18.3. The fourth-order valence-electron chi connectivity index (χ4n) is 3.49. The first-order valence-corrected chi connectivity index (χ1v) is 10.6. The van der Waals surface area contributed by atoms with E-state index in [9.17, 15) is 40.5 Å². The van der Waals surface area contributed by atoms with E-state index in [1.165, 1.54) is 0 Å². The number of nitrogens with two attached hydrogens (primary N) is 3. The highest BCUT2D eigenvalue weighted by Gasteiger charge is 2.55. The van der Waals surface area contributed by atoms with E-state index in [0.29, 0.717) is 6.42 Å². The third kappa shape index (κ3) is 6.49. The van der Waals surface area contributed by atoms with Crippen LogP contribution < -0.4 is 17.2 Å². The molecule has 0 spiro atoms. The minimum atomic E-state index is -2.36. The monoisotopic (exact) mass is 498 g/mol. The number of rotatable bonds is 10. The lowest BCUT2D eigenvalue weighted by Crippen LogP contribution is -2.67. The quantitative estimate of drug-likeness (QED) is 0.0579. The average molecular weight is 498 g/mol. The van der Waals surface area contributed by atoms with Gasteiger partial charge in [0.1, 0.15) is 49.3 Å². The number of guanidine groups is 1. The lowest BCUT2D eigenvalue weighted by atomic mass is 9.96. The van der Waals surface area contributed by atoms with E-state index < -0.39 is 86.6 Å². The summed E-state index contributed by atoms with van der Waals surface area (Å²) in [6.45, 7) is -2.08. The Hall–Kier alpha value is -1.70. The van der Waals surface area contributed by atoms with Gasteiger partial charge in [-0.05, 0) is 12.8 Å². The molecule has 13 N–H and O–H groups in total. The molecule has 0 bridgehead atoms. The molecule has 16 nitrogen and oxygen atoms in total. The van der Waals surface area contributed by atoms with Gasteiger partial charge in [0.25, 0.3) is 5.79 Å². The lowest BCUT2D eigenvalue weighted by Gasteiger charge is -2.46. The maximum atomic E-state index is 12.4. The van der Waals surface area contributed by atoms with Crippen molar-refractivity contribution >= 4 is 11.9 Å². The normalized spacial score (nSPS) is 39.3. The van der Waals surface area contributed by atoms with Gasteiger partial charge in [-0.2, -0.15) is 0 Å². The molecule has 10 atom stereocenters. The highest BCUT2D eigenvalue weighted by atomic mass is 16.8. The van der Waals surface area contributed by atoms with E-state index in [2.05, 4.69) is 4.99 Å². The number of ether oxygens (including phenoxy) is 4. The zero-order valence-corrected chi connectivity index (χ0v) is 18.3. The van der Waals surface area contributed by atoms with Crippen molar-refractivity contribution < 1.29 is 59.5 Å². The summed E-state index contributed by atoms with van der Waals surface area (Å²) < 4.78 is 21.0. The maximum Gasteiger partial charge on any atom is 0.325 e. The summed E-state index contributed by atoms with van der Waals surface area (Å²) in [5, 5.41) is 69.8. The van der Waals surface area contributed by atoms with Crippen molar-refractivity contribution in [2.75, 3.05) is 26.4 Å². The molecule has 2 fully saturated rings. The van der Waals surface area contributed by atoms with Crippen molar-refractivity contribution in [1.82, 2.24) is 0 Å². The van der Waals surface area contributed by atoms with Crippen molar-refractivity contribution in [3.63, 3.8) is 0 Å². The number of hydrogen-bond donors (Lipinski definition) is 10. The van der Waals surface area contributed by atoms with Gasteiger partial charge in [0, 0.05) is 6.54 Å². The number of aliphatic imine (C=N–C) groups is 1. The summed E-state index contributed by atoms with van der Waals surface area (Å²) in [7, 11) is 0. The molecule has 2 rings (SSSR count). The van der Waals surface area contributed by atoms with Crippen molar-refractivity contribution in [1.29, 1.82) is 0 Å². The Morgan fingerprint density at radius 1 is 1.09 bits per heavy atom. The highest BCUT2D eigenvalue weighted by molar-refractivity contribution is 5.76. The van der Waals surface area contributed by atoms with Gasteiger partial charge in [0.05, 0.1) is 13.2 Å². The number of hydrogen-bond acceptors (Lipinski definition) is 14. The Kier molecular flexibility index (Phi) is 10.3. The molecule has 2 heterocycles. The summed E-state index contributed by atoms with van der Waals surface area (Å²) in [5.41, 5.74) is 16.2. The van der Waals surface area contributed by atoms with Crippen LogP contribution in [0.5, 0.6) is 0 Å². The van der Waals surface area contributed by atoms with E-state index in [1.54, 1.807) is 0 Å². The fourth-order valence-corrected chi connectivity index (χ4v) is 3.49. The summed E-state index contributed by atoms with van der Waals surface area (Å²) in [6, 6.07) is -1.17. The second kappa shape index (κ2) is 12.3. The number of esters is 1. The number of aliphatic hydroxyl groups is 7. The van der Waals surface area contributed by atoms with Crippen LogP contribution in [0.4, 0.5) is 0 Å². The number of nitrogens with zero attached hydrogens (tertiary/aromatic N) is 1. The number of carbonyl (C=O) groups excluding carboxylic acids is 1. The second-order valence-electron chi connectivity index (χ2n) is 8.06. The first kappa shape index (κ1) is 28.5. The van der Waals surface area contributed by atoms with Crippen LogP contribution >= 0.6 is 0 Å². The Morgan fingerprint density at radius 3 is 2.35 bits per heavy atom. The largest absolute Gasteiger partial charge is 0.426 e. The summed E-state index contributed by atoms with van der Waals surface area (Å²) in [5.74, 6) is -3.51. The molecular weight excluding hydrogens is 464 g/mol. The van der Waals surface area contributed by atoms with Gasteiger partial charge in [0.2, 0.25) is 0 Å². The number of carbonyl (C=O) groups is 1. The molecule has 2 aliphatic heterocycles. The van der Waals surface area contributed by atoms with Gasteiger partial charge in [-0.15, -0.1) is 0 Å². The molecule has 0 amide bonds. The van der Waals surface area contributed by atoms with E-state index in [-0.39, 0.29) is 18.9 Å². The second-order valence-corrected chi connectivity index (χ2v) is 8.06. The molecule has 0 radical (unpaired) electrons. The molecule has 0 saturated carbocycles. The van der Waals surface area contributed by atoms with Crippen LogP contribution in [-0.2, 0) is 23.7 Å². The molecule has 3 unspecified atom stereocenters. The predicted molar refractivity (Wildman–Crippen MR) is 110 cm³/mol. The summed E-state index contributed by atoms with van der Waals surface area (Å²) in [6.07, 6.45) is -12.8. The van der Waals surface area contributed by atoms with Gasteiger partial charge < -0.3 is 71.9 Å². The Labute approximate surface area is 194 Å². The molecule has 0 aromatic rings. The van der Waals surface area contributed by atoms with Gasteiger partial charge in [-0.25, -0.2) is 0 Å². The molecule has 16 heteroatoms. The first-order valence-electron chi connectivity index (χ1n) is 10.6. The topological polar surface area (TPSA) is 286 Å². The van der Waals surface area contributed by atoms with E-state index in [1.807, 2.05) is 0 Å². The predicted octanol–water partition coefficient (Wildman–Crippen LogP) is -6.46. The molecular formula is C18H34N4O12. The van der Waals surface area contributed by atoms with Gasteiger partial charge >= 0.3 is 5.97 Å². The Morgan fingerprint density at radius 2 is 1.76 bits per heavy atom. The summed E-state index contributed by atoms with van der Waals surface area (Å²) in [4.78, 5) is 16.1. The van der Waals surface area contributed by atoms with Crippen molar-refractivity contribution in [2.24, 2.45) is 22.2 Å². The highest BCUT2D eigenvalue weighted by Crippen LogP contribution is 2.31. The van der Waals surface area contributed by atoms with Gasteiger partial charge in [-0.3, -0.25) is 9.79 Å². The van der Waals surface area contributed by atoms with Crippen molar-refractivity contribution in [2.45, 2.75) is 73.7 Å². The van der Waals surface area contributed by atoms with Gasteiger partial charge in [-0.1, -0.05) is 0 Å². The van der Waals surface area contributed by atoms with Crippen molar-refractivity contribution in [3.8, 4) is 0 Å². The molecule has 0 aliphatic carbocycles. The van der Waals surface area contributed by atoms with Crippen LogP contribution in [0, 0.1) is 0 Å².